The van der Waals surface area contributed by atoms with Crippen molar-refractivity contribution in [1.82, 2.24) is 5.16 Å². The van der Waals surface area contributed by atoms with Crippen molar-refractivity contribution in [3.8, 4) is 17.1 Å². The molecular formula is C22H19NO6. The van der Waals surface area contributed by atoms with Crippen molar-refractivity contribution < 1.29 is 28.3 Å². The summed E-state index contributed by atoms with van der Waals surface area (Å²) in [6.45, 7) is 0.761. The second-order valence-corrected chi connectivity index (χ2v) is 6.59. The largest absolute Gasteiger partial charge is 0.487 e. The number of carboxylic acids is 1. The van der Waals surface area contributed by atoms with Gasteiger partial charge < -0.3 is 23.5 Å². The van der Waals surface area contributed by atoms with Crippen molar-refractivity contribution in [2.24, 2.45) is 0 Å². The Morgan fingerprint density at radius 3 is 2.86 bits per heavy atom. The summed E-state index contributed by atoms with van der Waals surface area (Å²) in [5.41, 5.74) is 3.84. The Bertz CT molecular complexity index is 1140. The Morgan fingerprint density at radius 2 is 2.03 bits per heavy atom. The highest BCUT2D eigenvalue weighted by molar-refractivity contribution is 5.86. The molecule has 0 aliphatic heterocycles. The highest BCUT2D eigenvalue weighted by atomic mass is 16.5. The van der Waals surface area contributed by atoms with E-state index in [0.717, 1.165) is 16.5 Å². The SMILES string of the molecule is COCc1cccc(-c2cc(COc3ccc4c(CC(=O)O)coc4c3)no2)c1. The van der Waals surface area contributed by atoms with Crippen LogP contribution in [0.25, 0.3) is 22.3 Å². The molecular weight excluding hydrogens is 374 g/mol. The molecule has 0 aliphatic rings. The molecule has 0 amide bonds. The van der Waals surface area contributed by atoms with Crippen molar-refractivity contribution in [1.29, 1.82) is 0 Å². The van der Waals surface area contributed by atoms with Crippen molar-refractivity contribution in [2.45, 2.75) is 19.6 Å². The Hall–Kier alpha value is -3.58. The lowest BCUT2D eigenvalue weighted by Crippen LogP contribution is -1.98. The number of furan rings is 1. The van der Waals surface area contributed by atoms with Crippen LogP contribution in [0.2, 0.25) is 0 Å². The number of carbonyl (C=O) groups is 1. The van der Waals surface area contributed by atoms with E-state index in [1.54, 1.807) is 25.3 Å². The molecule has 0 bridgehead atoms. The van der Waals surface area contributed by atoms with Gasteiger partial charge in [0.2, 0.25) is 0 Å². The molecule has 0 saturated heterocycles. The molecule has 0 aliphatic carbocycles. The molecule has 4 rings (SSSR count). The van der Waals surface area contributed by atoms with E-state index in [0.29, 0.717) is 35.0 Å². The maximum absolute atomic E-state index is 10.9. The fourth-order valence-electron chi connectivity index (χ4n) is 3.11. The second kappa shape index (κ2) is 8.20. The number of benzene rings is 2. The molecule has 0 fully saturated rings. The number of fused-ring (bicyclic) bond motifs is 1. The van der Waals surface area contributed by atoms with Crippen LogP contribution in [0, 0.1) is 0 Å². The predicted molar refractivity (Wildman–Crippen MR) is 105 cm³/mol. The van der Waals surface area contributed by atoms with Gasteiger partial charge >= 0.3 is 5.97 Å². The monoisotopic (exact) mass is 393 g/mol. The Labute approximate surface area is 166 Å². The first-order valence-electron chi connectivity index (χ1n) is 9.01. The number of rotatable bonds is 8. The topological polar surface area (TPSA) is 94.9 Å². The smallest absolute Gasteiger partial charge is 0.307 e. The lowest BCUT2D eigenvalue weighted by molar-refractivity contribution is -0.136. The number of hydrogen-bond acceptors (Lipinski definition) is 6. The molecule has 7 nitrogen and oxygen atoms in total. The third-order valence-corrected chi connectivity index (χ3v) is 4.44. The molecule has 0 radical (unpaired) electrons. The maximum Gasteiger partial charge on any atom is 0.307 e. The summed E-state index contributed by atoms with van der Waals surface area (Å²) in [5, 5.41) is 13.8. The van der Waals surface area contributed by atoms with E-state index in [2.05, 4.69) is 5.16 Å². The van der Waals surface area contributed by atoms with E-state index in [1.165, 1.54) is 6.26 Å². The third kappa shape index (κ3) is 4.30. The molecule has 4 aromatic rings. The molecule has 0 saturated carbocycles. The normalized spacial score (nSPS) is 11.1. The minimum Gasteiger partial charge on any atom is -0.487 e. The van der Waals surface area contributed by atoms with Gasteiger partial charge in [0.05, 0.1) is 19.3 Å². The van der Waals surface area contributed by atoms with E-state index in [1.807, 2.05) is 30.3 Å². The zero-order valence-corrected chi connectivity index (χ0v) is 15.8. The Balaban J connectivity index is 1.44. The van der Waals surface area contributed by atoms with Crippen LogP contribution >= 0.6 is 0 Å². The molecule has 148 valence electrons. The first kappa shape index (κ1) is 18.8. The second-order valence-electron chi connectivity index (χ2n) is 6.59. The summed E-state index contributed by atoms with van der Waals surface area (Å²) < 4.78 is 21.8. The van der Waals surface area contributed by atoms with Crippen LogP contribution in [0.4, 0.5) is 0 Å². The molecule has 1 N–H and O–H groups in total. The molecule has 29 heavy (non-hydrogen) atoms. The van der Waals surface area contributed by atoms with Crippen LogP contribution in [0.5, 0.6) is 5.75 Å². The zero-order chi connectivity index (χ0) is 20.2. The fraction of sp³-hybridized carbons (Fsp3) is 0.182. The molecule has 7 heteroatoms. The van der Waals surface area contributed by atoms with Gasteiger partial charge in [-0.2, -0.15) is 0 Å². The molecule has 0 atom stereocenters. The zero-order valence-electron chi connectivity index (χ0n) is 15.8. The quantitative estimate of drug-likeness (QED) is 0.473. The van der Waals surface area contributed by atoms with Crippen LogP contribution in [-0.2, 0) is 29.2 Å². The van der Waals surface area contributed by atoms with Crippen LogP contribution in [0.15, 0.2) is 63.7 Å². The lowest BCUT2D eigenvalue weighted by atomic mass is 10.1. The van der Waals surface area contributed by atoms with Crippen LogP contribution in [0.1, 0.15) is 16.8 Å². The van der Waals surface area contributed by atoms with Gasteiger partial charge in [-0.25, -0.2) is 0 Å². The average molecular weight is 393 g/mol. The average Bonchev–Trinajstić information content (AvgIpc) is 3.34. The van der Waals surface area contributed by atoms with Gasteiger partial charge in [-0.1, -0.05) is 23.4 Å². The highest BCUT2D eigenvalue weighted by Gasteiger charge is 2.12. The van der Waals surface area contributed by atoms with Gasteiger partial charge in [0.1, 0.15) is 23.6 Å². The van der Waals surface area contributed by atoms with Crippen molar-refractivity contribution >= 4 is 16.9 Å². The third-order valence-electron chi connectivity index (χ3n) is 4.44. The first-order chi connectivity index (χ1) is 14.1. The van der Waals surface area contributed by atoms with Gasteiger partial charge in [0, 0.05) is 35.8 Å². The minimum absolute atomic E-state index is 0.0828. The van der Waals surface area contributed by atoms with Gasteiger partial charge in [0.25, 0.3) is 0 Å². The van der Waals surface area contributed by atoms with Gasteiger partial charge in [-0.3, -0.25) is 4.79 Å². The number of aliphatic carboxylic acids is 1. The van der Waals surface area contributed by atoms with Crippen molar-refractivity contribution in [2.75, 3.05) is 7.11 Å². The fourth-order valence-corrected chi connectivity index (χ4v) is 3.11. The summed E-state index contributed by atoms with van der Waals surface area (Å²) >= 11 is 0. The molecule has 0 unspecified atom stereocenters. The van der Waals surface area contributed by atoms with E-state index >= 15 is 0 Å². The summed E-state index contributed by atoms with van der Waals surface area (Å²) in [6, 6.07) is 15.0. The number of carboxylic acid groups (broad SMARTS) is 1. The first-order valence-corrected chi connectivity index (χ1v) is 9.01. The number of hydrogen-bond donors (Lipinski definition) is 1. The highest BCUT2D eigenvalue weighted by Crippen LogP contribution is 2.27. The molecule has 2 heterocycles. The summed E-state index contributed by atoms with van der Waals surface area (Å²) in [5.74, 6) is 0.351. The van der Waals surface area contributed by atoms with E-state index < -0.39 is 5.97 Å². The van der Waals surface area contributed by atoms with E-state index in [9.17, 15) is 4.79 Å². The van der Waals surface area contributed by atoms with Crippen LogP contribution in [0.3, 0.4) is 0 Å². The maximum atomic E-state index is 10.9. The standard InChI is InChI=1S/C22H19NO6/c1-26-11-14-3-2-4-15(7-14)20-9-17(23-29-20)13-27-18-5-6-19-16(8-22(24)25)12-28-21(19)10-18/h2-7,9-10,12H,8,11,13H2,1H3,(H,24,25). The Kier molecular flexibility index (Phi) is 5.31. The number of methoxy groups -OCH3 is 1. The van der Waals surface area contributed by atoms with Gasteiger partial charge in [-0.05, 0) is 23.8 Å². The Morgan fingerprint density at radius 1 is 1.14 bits per heavy atom. The number of ether oxygens (including phenoxy) is 2. The van der Waals surface area contributed by atoms with E-state index in [4.69, 9.17) is 23.5 Å². The minimum atomic E-state index is -0.900. The van der Waals surface area contributed by atoms with Crippen molar-refractivity contribution in [3.05, 3.63) is 71.6 Å². The van der Waals surface area contributed by atoms with Gasteiger partial charge in [0.15, 0.2) is 5.76 Å². The number of nitrogens with zero attached hydrogens (tertiary/aromatic N) is 1. The van der Waals surface area contributed by atoms with Crippen LogP contribution in [-0.4, -0.2) is 23.3 Å². The molecule has 0 spiro atoms. The molecule has 2 aromatic carbocycles. The summed E-state index contributed by atoms with van der Waals surface area (Å²) in [6.07, 6.45) is 1.38. The van der Waals surface area contributed by atoms with Crippen LogP contribution < -0.4 is 4.74 Å². The number of aromatic nitrogens is 1. The predicted octanol–water partition coefficient (Wildman–Crippen LogP) is 4.44. The van der Waals surface area contributed by atoms with E-state index in [-0.39, 0.29) is 13.0 Å². The van der Waals surface area contributed by atoms with Crippen molar-refractivity contribution in [3.63, 3.8) is 0 Å². The lowest BCUT2D eigenvalue weighted by Gasteiger charge is -2.03. The molecule has 2 aromatic heterocycles. The summed E-state index contributed by atoms with van der Waals surface area (Å²) in [4.78, 5) is 10.9. The summed E-state index contributed by atoms with van der Waals surface area (Å²) in [7, 11) is 1.66. The van der Waals surface area contributed by atoms with Gasteiger partial charge in [-0.15, -0.1) is 0 Å².